The molecule has 156 valence electrons. The fourth-order valence-corrected chi connectivity index (χ4v) is 4.12. The lowest BCUT2D eigenvalue weighted by molar-refractivity contribution is -0.115. The number of hydrogen-bond acceptors (Lipinski definition) is 3. The second-order valence-corrected chi connectivity index (χ2v) is 7.96. The van der Waals surface area contributed by atoms with Crippen LogP contribution in [0.1, 0.15) is 16.9 Å². The van der Waals surface area contributed by atoms with Crippen molar-refractivity contribution in [3.05, 3.63) is 108 Å². The van der Waals surface area contributed by atoms with E-state index in [1.54, 1.807) is 6.08 Å². The largest absolute Gasteiger partial charge is 0.457 e. The number of amides is 1. The Morgan fingerprint density at radius 3 is 2.53 bits per heavy atom. The van der Waals surface area contributed by atoms with Gasteiger partial charge in [-0.2, -0.15) is 0 Å². The van der Waals surface area contributed by atoms with E-state index >= 15 is 0 Å². The van der Waals surface area contributed by atoms with Crippen LogP contribution in [-0.2, 0) is 11.2 Å². The van der Waals surface area contributed by atoms with Crippen LogP contribution in [0.5, 0.6) is 0 Å². The molecule has 0 atom stereocenters. The topological polar surface area (TPSA) is 54.3 Å². The molecule has 3 aromatic carbocycles. The van der Waals surface area contributed by atoms with Crippen LogP contribution in [0.15, 0.2) is 95.4 Å². The van der Waals surface area contributed by atoms with E-state index in [2.05, 4.69) is 47.0 Å². The van der Waals surface area contributed by atoms with Gasteiger partial charge in [0.1, 0.15) is 11.5 Å². The molecule has 1 heterocycles. The number of furan rings is 1. The average Bonchev–Trinajstić information content (AvgIpc) is 3.42. The zero-order valence-corrected chi connectivity index (χ0v) is 18.0. The van der Waals surface area contributed by atoms with Gasteiger partial charge in [0.15, 0.2) is 5.11 Å². The lowest BCUT2D eigenvalue weighted by atomic mass is 10.1. The number of nitrogens with one attached hydrogen (secondary N) is 2. The smallest absolute Gasteiger partial charge is 0.250 e. The average molecular weight is 437 g/mol. The van der Waals surface area contributed by atoms with Gasteiger partial charge in [-0.25, -0.2) is 0 Å². The van der Waals surface area contributed by atoms with E-state index < -0.39 is 0 Å². The summed E-state index contributed by atoms with van der Waals surface area (Å²) in [5, 5.41) is 6.02. The second-order valence-electron chi connectivity index (χ2n) is 7.55. The van der Waals surface area contributed by atoms with Crippen LogP contribution >= 0.6 is 12.2 Å². The number of thiocarbonyl (C=S) groups is 1. The predicted molar refractivity (Wildman–Crippen MR) is 132 cm³/mol. The van der Waals surface area contributed by atoms with Gasteiger partial charge in [0, 0.05) is 17.3 Å². The SMILES string of the molecule is O=C(/C=C/c1ccc(-c2ccccc2)o1)NC(=S)Nc1ccc2c(c1)Cc1ccccc1-2. The van der Waals surface area contributed by atoms with Crippen molar-refractivity contribution in [2.45, 2.75) is 6.42 Å². The molecule has 5 rings (SSSR count). The Hall–Kier alpha value is -3.96. The normalized spacial score (nSPS) is 11.8. The molecule has 4 nitrogen and oxygen atoms in total. The van der Waals surface area contributed by atoms with Crippen LogP contribution in [0, 0.1) is 0 Å². The first kappa shape index (κ1) is 20.0. The van der Waals surface area contributed by atoms with E-state index in [0.717, 1.165) is 23.4 Å². The Labute approximate surface area is 191 Å². The van der Waals surface area contributed by atoms with Gasteiger partial charge in [-0.05, 0) is 71.2 Å². The highest BCUT2D eigenvalue weighted by molar-refractivity contribution is 7.80. The highest BCUT2D eigenvalue weighted by atomic mass is 32.1. The minimum atomic E-state index is -0.325. The number of anilines is 1. The van der Waals surface area contributed by atoms with Crippen molar-refractivity contribution in [3.63, 3.8) is 0 Å². The summed E-state index contributed by atoms with van der Waals surface area (Å²) < 4.78 is 5.77. The van der Waals surface area contributed by atoms with Gasteiger partial charge in [0.25, 0.3) is 0 Å². The maximum atomic E-state index is 12.3. The number of hydrogen-bond donors (Lipinski definition) is 2. The zero-order chi connectivity index (χ0) is 21.9. The molecule has 0 unspecified atom stereocenters. The molecule has 0 spiro atoms. The number of carbonyl (C=O) groups is 1. The molecule has 0 bridgehead atoms. The molecule has 0 radical (unpaired) electrons. The number of carbonyl (C=O) groups excluding carboxylic acids is 1. The Balaban J connectivity index is 1.19. The van der Waals surface area contributed by atoms with Gasteiger partial charge in [0.05, 0.1) is 0 Å². The summed E-state index contributed by atoms with van der Waals surface area (Å²) >= 11 is 5.31. The molecule has 0 aliphatic heterocycles. The molecule has 0 saturated heterocycles. The van der Waals surface area contributed by atoms with E-state index in [1.807, 2.05) is 48.5 Å². The van der Waals surface area contributed by atoms with E-state index in [1.165, 1.54) is 28.3 Å². The van der Waals surface area contributed by atoms with Gasteiger partial charge >= 0.3 is 0 Å². The first-order chi connectivity index (χ1) is 15.7. The van der Waals surface area contributed by atoms with Gasteiger partial charge < -0.3 is 9.73 Å². The summed E-state index contributed by atoms with van der Waals surface area (Å²) in [6.45, 7) is 0. The van der Waals surface area contributed by atoms with Crippen LogP contribution in [-0.4, -0.2) is 11.0 Å². The van der Waals surface area contributed by atoms with E-state index in [4.69, 9.17) is 16.6 Å². The Kier molecular flexibility index (Phi) is 5.40. The standard InChI is InChI=1S/C27H20N2O2S/c30-26(15-12-22-11-14-25(31-22)18-6-2-1-3-7-18)29-27(32)28-21-10-13-24-20(17-21)16-19-8-4-5-9-23(19)24/h1-15,17H,16H2,(H2,28,29,30,32)/b15-12+. The van der Waals surface area contributed by atoms with Crippen LogP contribution < -0.4 is 10.6 Å². The predicted octanol–water partition coefficient (Wildman–Crippen LogP) is 6.04. The molecule has 0 saturated carbocycles. The van der Waals surface area contributed by atoms with E-state index in [-0.39, 0.29) is 11.0 Å². The van der Waals surface area contributed by atoms with Crippen molar-refractivity contribution in [3.8, 4) is 22.5 Å². The summed E-state index contributed by atoms with van der Waals surface area (Å²) in [6.07, 6.45) is 3.93. The molecule has 1 amide bonds. The monoisotopic (exact) mass is 436 g/mol. The highest BCUT2D eigenvalue weighted by Gasteiger charge is 2.18. The van der Waals surface area contributed by atoms with Crippen molar-refractivity contribution in [2.24, 2.45) is 0 Å². The third kappa shape index (κ3) is 4.24. The molecule has 1 aliphatic rings. The van der Waals surface area contributed by atoms with Gasteiger partial charge in [-0.15, -0.1) is 0 Å². The number of rotatable bonds is 4. The quantitative estimate of drug-likeness (QED) is 0.266. The molecule has 1 aliphatic carbocycles. The summed E-state index contributed by atoms with van der Waals surface area (Å²) in [5.74, 6) is 1.02. The lowest BCUT2D eigenvalue weighted by Crippen LogP contribution is -2.32. The molecule has 4 aromatic rings. The first-order valence-corrected chi connectivity index (χ1v) is 10.7. The van der Waals surface area contributed by atoms with Crippen LogP contribution in [0.2, 0.25) is 0 Å². The van der Waals surface area contributed by atoms with Crippen molar-refractivity contribution in [1.29, 1.82) is 0 Å². The molecule has 5 heteroatoms. The fraction of sp³-hybridized carbons (Fsp3) is 0.0370. The third-order valence-corrected chi connectivity index (χ3v) is 5.58. The Bertz CT molecular complexity index is 1340. The summed E-state index contributed by atoms with van der Waals surface area (Å²) in [6, 6.07) is 28.1. The van der Waals surface area contributed by atoms with Gasteiger partial charge in [0.2, 0.25) is 5.91 Å². The number of benzene rings is 3. The summed E-state index contributed by atoms with van der Waals surface area (Å²) in [7, 11) is 0. The maximum absolute atomic E-state index is 12.3. The summed E-state index contributed by atoms with van der Waals surface area (Å²) in [4.78, 5) is 12.3. The molecule has 2 N–H and O–H groups in total. The minimum Gasteiger partial charge on any atom is -0.457 e. The van der Waals surface area contributed by atoms with Crippen LogP contribution in [0.25, 0.3) is 28.5 Å². The van der Waals surface area contributed by atoms with E-state index in [9.17, 15) is 4.79 Å². The van der Waals surface area contributed by atoms with Gasteiger partial charge in [-0.3, -0.25) is 10.1 Å². The number of fused-ring (bicyclic) bond motifs is 3. The van der Waals surface area contributed by atoms with E-state index in [0.29, 0.717) is 5.76 Å². The van der Waals surface area contributed by atoms with Crippen LogP contribution in [0.4, 0.5) is 5.69 Å². The molecule has 1 aromatic heterocycles. The zero-order valence-electron chi connectivity index (χ0n) is 17.2. The van der Waals surface area contributed by atoms with Crippen molar-refractivity contribution in [2.75, 3.05) is 5.32 Å². The first-order valence-electron chi connectivity index (χ1n) is 10.3. The van der Waals surface area contributed by atoms with Crippen LogP contribution in [0.3, 0.4) is 0 Å². The molecule has 32 heavy (non-hydrogen) atoms. The summed E-state index contributed by atoms with van der Waals surface area (Å²) in [5.41, 5.74) is 6.94. The second kappa shape index (κ2) is 8.65. The Morgan fingerprint density at radius 2 is 1.66 bits per heavy atom. The lowest BCUT2D eigenvalue weighted by Gasteiger charge is -2.10. The third-order valence-electron chi connectivity index (χ3n) is 5.37. The minimum absolute atomic E-state index is 0.250. The highest BCUT2D eigenvalue weighted by Crippen LogP contribution is 2.37. The molecule has 0 fully saturated rings. The Morgan fingerprint density at radius 1 is 0.875 bits per heavy atom. The van der Waals surface area contributed by atoms with Crippen molar-refractivity contribution >= 4 is 35.0 Å². The van der Waals surface area contributed by atoms with Crippen molar-refractivity contribution < 1.29 is 9.21 Å². The molecular weight excluding hydrogens is 416 g/mol. The van der Waals surface area contributed by atoms with Gasteiger partial charge in [-0.1, -0.05) is 60.7 Å². The molecular formula is C27H20N2O2S. The van der Waals surface area contributed by atoms with Crippen molar-refractivity contribution in [1.82, 2.24) is 5.32 Å². The maximum Gasteiger partial charge on any atom is 0.250 e. The fourth-order valence-electron chi connectivity index (χ4n) is 3.90.